The molecule has 35 heavy (non-hydrogen) atoms. The normalized spacial score (nSPS) is 19.6. The molecule has 5 rings (SSSR count). The predicted octanol–water partition coefficient (Wildman–Crippen LogP) is 4.15. The van der Waals surface area contributed by atoms with Crippen LogP contribution in [0.3, 0.4) is 0 Å². The summed E-state index contributed by atoms with van der Waals surface area (Å²) in [6, 6.07) is 14.6. The number of nitrogens with one attached hydrogen (secondary N) is 1. The Morgan fingerprint density at radius 2 is 1.94 bits per heavy atom. The van der Waals surface area contributed by atoms with Crippen molar-refractivity contribution < 1.29 is 13.9 Å². The molecule has 1 N–H and O–H groups in total. The van der Waals surface area contributed by atoms with Gasteiger partial charge in [-0.05, 0) is 30.5 Å². The van der Waals surface area contributed by atoms with Gasteiger partial charge < -0.3 is 14.5 Å². The van der Waals surface area contributed by atoms with E-state index in [1.807, 2.05) is 18.2 Å². The standard InChI is InChI=1S/C26H33N5O3S/c32-24(27-16-22-18-30(13-15-33-22)17-20-8-3-1-4-9-20)19-35-26-29-28-25(23-12-7-14-34-23)31(26)21-10-5-2-6-11-21/h1,3-4,7-9,12,14,21-22H,2,5-6,10-11,13,15-19H2,(H,27,32). The van der Waals surface area contributed by atoms with Crippen molar-refractivity contribution in [1.29, 1.82) is 0 Å². The highest BCUT2D eigenvalue weighted by Crippen LogP contribution is 2.35. The largest absolute Gasteiger partial charge is 0.461 e. The van der Waals surface area contributed by atoms with E-state index in [1.54, 1.807) is 6.26 Å². The van der Waals surface area contributed by atoms with Gasteiger partial charge in [-0.1, -0.05) is 61.4 Å². The van der Waals surface area contributed by atoms with Crippen molar-refractivity contribution >= 4 is 17.7 Å². The zero-order valence-electron chi connectivity index (χ0n) is 20.0. The molecule has 1 aromatic carbocycles. The van der Waals surface area contributed by atoms with Crippen molar-refractivity contribution in [2.45, 2.75) is 56.0 Å². The molecule has 2 aromatic heterocycles. The van der Waals surface area contributed by atoms with Crippen molar-refractivity contribution in [2.24, 2.45) is 0 Å². The van der Waals surface area contributed by atoms with Gasteiger partial charge in [0.15, 0.2) is 10.9 Å². The molecule has 9 heteroatoms. The predicted molar refractivity (Wildman–Crippen MR) is 135 cm³/mol. The zero-order chi connectivity index (χ0) is 23.9. The summed E-state index contributed by atoms with van der Waals surface area (Å²) >= 11 is 1.44. The SMILES string of the molecule is O=C(CSc1nnc(-c2ccco2)n1C1CCCCC1)NCC1CN(Cc2ccccc2)CCO1. The van der Waals surface area contributed by atoms with Gasteiger partial charge in [0.1, 0.15) is 0 Å². The van der Waals surface area contributed by atoms with Crippen LogP contribution in [0, 0.1) is 0 Å². The number of amides is 1. The van der Waals surface area contributed by atoms with Gasteiger partial charge in [0.05, 0.1) is 24.7 Å². The van der Waals surface area contributed by atoms with Crippen molar-refractivity contribution in [3.8, 4) is 11.6 Å². The van der Waals surface area contributed by atoms with Gasteiger partial charge in [-0.2, -0.15) is 0 Å². The third-order valence-corrected chi connectivity index (χ3v) is 7.62. The Balaban J connectivity index is 1.14. The molecule has 1 saturated heterocycles. The first-order chi connectivity index (χ1) is 17.3. The van der Waals surface area contributed by atoms with Crippen LogP contribution in [0.2, 0.25) is 0 Å². The van der Waals surface area contributed by atoms with E-state index in [2.05, 4.69) is 49.2 Å². The summed E-state index contributed by atoms with van der Waals surface area (Å²) in [5.74, 6) is 1.74. The lowest BCUT2D eigenvalue weighted by Crippen LogP contribution is -2.47. The number of hydrogen-bond acceptors (Lipinski definition) is 7. The molecule has 2 aliphatic rings. The fraction of sp³-hybridized carbons (Fsp3) is 0.500. The minimum Gasteiger partial charge on any atom is -0.461 e. The van der Waals surface area contributed by atoms with Gasteiger partial charge in [0, 0.05) is 32.2 Å². The number of hydrogen-bond donors (Lipinski definition) is 1. The fourth-order valence-electron chi connectivity index (χ4n) is 4.92. The number of nitrogens with zero attached hydrogens (tertiary/aromatic N) is 4. The molecule has 8 nitrogen and oxygen atoms in total. The van der Waals surface area contributed by atoms with Crippen molar-refractivity contribution in [3.63, 3.8) is 0 Å². The van der Waals surface area contributed by atoms with E-state index in [0.717, 1.165) is 43.5 Å². The molecule has 1 atom stereocenters. The number of ether oxygens (including phenoxy) is 1. The Morgan fingerprint density at radius 3 is 2.74 bits per heavy atom. The van der Waals surface area contributed by atoms with Crippen LogP contribution in [0.5, 0.6) is 0 Å². The molecule has 0 spiro atoms. The van der Waals surface area contributed by atoms with Crippen LogP contribution < -0.4 is 5.32 Å². The molecule has 1 amide bonds. The Morgan fingerprint density at radius 1 is 1.09 bits per heavy atom. The maximum Gasteiger partial charge on any atom is 0.230 e. The van der Waals surface area contributed by atoms with Crippen LogP contribution >= 0.6 is 11.8 Å². The summed E-state index contributed by atoms with van der Waals surface area (Å²) < 4.78 is 13.7. The first-order valence-corrected chi connectivity index (χ1v) is 13.5. The van der Waals surface area contributed by atoms with E-state index in [4.69, 9.17) is 9.15 Å². The van der Waals surface area contributed by atoms with E-state index < -0.39 is 0 Å². The average Bonchev–Trinajstić information content (AvgIpc) is 3.58. The summed E-state index contributed by atoms with van der Waals surface area (Å²) in [5.41, 5.74) is 1.30. The van der Waals surface area contributed by atoms with Crippen molar-refractivity contribution in [2.75, 3.05) is 32.0 Å². The molecular weight excluding hydrogens is 462 g/mol. The van der Waals surface area contributed by atoms with Crippen LogP contribution in [0.15, 0.2) is 58.3 Å². The van der Waals surface area contributed by atoms with Gasteiger partial charge >= 0.3 is 0 Å². The topological polar surface area (TPSA) is 85.4 Å². The monoisotopic (exact) mass is 495 g/mol. The molecule has 0 bridgehead atoms. The van der Waals surface area contributed by atoms with Gasteiger partial charge in [-0.25, -0.2) is 0 Å². The van der Waals surface area contributed by atoms with Crippen LogP contribution in [0.1, 0.15) is 43.7 Å². The van der Waals surface area contributed by atoms with Gasteiger partial charge in [-0.3, -0.25) is 14.3 Å². The summed E-state index contributed by atoms with van der Waals surface area (Å²) in [7, 11) is 0. The fourth-order valence-corrected chi connectivity index (χ4v) is 5.75. The van der Waals surface area contributed by atoms with Crippen LogP contribution in [0.25, 0.3) is 11.6 Å². The highest BCUT2D eigenvalue weighted by molar-refractivity contribution is 7.99. The van der Waals surface area contributed by atoms with Crippen LogP contribution in [0.4, 0.5) is 0 Å². The van der Waals surface area contributed by atoms with E-state index in [1.165, 1.54) is 36.6 Å². The Labute approximate surface area is 210 Å². The molecule has 1 aliphatic heterocycles. The summed E-state index contributed by atoms with van der Waals surface area (Å²) in [5, 5.41) is 12.7. The second-order valence-corrected chi connectivity index (χ2v) is 10.2. The Kier molecular flexibility index (Phi) is 8.18. The number of carbonyl (C=O) groups is 1. The third kappa shape index (κ3) is 6.34. The summed E-state index contributed by atoms with van der Waals surface area (Å²) in [4.78, 5) is 15.1. The highest BCUT2D eigenvalue weighted by Gasteiger charge is 2.26. The number of carbonyl (C=O) groups excluding carboxylic acids is 1. The van der Waals surface area contributed by atoms with Crippen molar-refractivity contribution in [3.05, 3.63) is 54.3 Å². The second-order valence-electron chi connectivity index (χ2n) is 9.25. The average molecular weight is 496 g/mol. The number of aromatic nitrogens is 3. The minimum atomic E-state index is -0.0171. The molecule has 1 saturated carbocycles. The molecule has 186 valence electrons. The third-order valence-electron chi connectivity index (χ3n) is 6.68. The van der Waals surface area contributed by atoms with E-state index in [9.17, 15) is 4.79 Å². The Bertz CT molecular complexity index is 1070. The van der Waals surface area contributed by atoms with Crippen LogP contribution in [-0.2, 0) is 16.1 Å². The number of morpholine rings is 1. The molecule has 3 heterocycles. The van der Waals surface area contributed by atoms with E-state index >= 15 is 0 Å². The van der Waals surface area contributed by atoms with Crippen LogP contribution in [-0.4, -0.2) is 63.7 Å². The first kappa shape index (κ1) is 24.1. The second kappa shape index (κ2) is 11.9. The first-order valence-electron chi connectivity index (χ1n) is 12.5. The molecule has 1 unspecified atom stereocenters. The number of thioether (sulfide) groups is 1. The summed E-state index contributed by atoms with van der Waals surface area (Å²) in [6.07, 6.45) is 7.53. The molecular formula is C26H33N5O3S. The molecule has 0 radical (unpaired) electrons. The molecule has 1 aliphatic carbocycles. The highest BCUT2D eigenvalue weighted by atomic mass is 32.2. The lowest BCUT2D eigenvalue weighted by Gasteiger charge is -2.33. The minimum absolute atomic E-state index is 0.00198. The maximum atomic E-state index is 12.7. The molecule has 3 aromatic rings. The zero-order valence-corrected chi connectivity index (χ0v) is 20.8. The van der Waals surface area contributed by atoms with E-state index in [0.29, 0.717) is 30.7 Å². The summed E-state index contributed by atoms with van der Waals surface area (Å²) in [6.45, 7) is 3.81. The van der Waals surface area contributed by atoms with Gasteiger partial charge in [0.2, 0.25) is 11.7 Å². The smallest absolute Gasteiger partial charge is 0.230 e. The number of furan rings is 1. The number of rotatable bonds is 9. The van der Waals surface area contributed by atoms with Gasteiger partial charge in [0.25, 0.3) is 0 Å². The van der Waals surface area contributed by atoms with Crippen molar-refractivity contribution in [1.82, 2.24) is 25.0 Å². The lowest BCUT2D eigenvalue weighted by molar-refractivity contribution is -0.119. The lowest BCUT2D eigenvalue weighted by atomic mass is 9.95. The quantitative estimate of drug-likeness (QED) is 0.446. The maximum absolute atomic E-state index is 12.7. The Hall–Kier alpha value is -2.62. The number of benzene rings is 1. The van der Waals surface area contributed by atoms with Gasteiger partial charge in [-0.15, -0.1) is 10.2 Å². The molecule has 2 fully saturated rings. The van der Waals surface area contributed by atoms with E-state index in [-0.39, 0.29) is 12.0 Å².